The van der Waals surface area contributed by atoms with Gasteiger partial charge < -0.3 is 5.11 Å². The molecule has 0 aliphatic carbocycles. The lowest BCUT2D eigenvalue weighted by molar-refractivity contribution is 0.274. The number of nitrogens with zero attached hydrogens (tertiary/aromatic N) is 2. The first-order chi connectivity index (χ1) is 8.79. The van der Waals surface area contributed by atoms with Gasteiger partial charge in [0.1, 0.15) is 0 Å². The van der Waals surface area contributed by atoms with E-state index in [1.807, 2.05) is 54.1 Å². The standard InChI is InChI=1S/C15H14N2O/c1-11-7-8-14-13(9-11)15(10-18)17(16-14)12-5-3-2-4-6-12/h2-9,18H,10H2,1H3. The normalized spacial score (nSPS) is 11.0. The molecule has 3 nitrogen and oxygen atoms in total. The Balaban J connectivity index is 2.30. The van der Waals surface area contributed by atoms with Gasteiger partial charge in [0.25, 0.3) is 0 Å². The van der Waals surface area contributed by atoms with E-state index in [4.69, 9.17) is 0 Å². The van der Waals surface area contributed by atoms with Gasteiger partial charge >= 0.3 is 0 Å². The van der Waals surface area contributed by atoms with Crippen LogP contribution in [-0.4, -0.2) is 14.9 Å². The number of fused-ring (bicyclic) bond motifs is 1. The second-order valence-corrected chi connectivity index (χ2v) is 4.37. The number of benzene rings is 2. The van der Waals surface area contributed by atoms with E-state index in [0.29, 0.717) is 0 Å². The van der Waals surface area contributed by atoms with E-state index in [-0.39, 0.29) is 6.61 Å². The molecule has 1 heterocycles. The van der Waals surface area contributed by atoms with Crippen molar-refractivity contribution in [2.45, 2.75) is 13.5 Å². The van der Waals surface area contributed by atoms with Crippen LogP contribution >= 0.6 is 0 Å². The van der Waals surface area contributed by atoms with Crippen molar-refractivity contribution >= 4 is 10.9 Å². The summed E-state index contributed by atoms with van der Waals surface area (Å²) in [4.78, 5) is 0. The number of aliphatic hydroxyl groups is 1. The zero-order chi connectivity index (χ0) is 12.5. The fourth-order valence-electron chi connectivity index (χ4n) is 2.19. The Morgan fingerprint density at radius 3 is 2.61 bits per heavy atom. The van der Waals surface area contributed by atoms with Crippen LogP contribution in [0, 0.1) is 6.92 Å². The van der Waals surface area contributed by atoms with Gasteiger partial charge in [0.2, 0.25) is 0 Å². The molecule has 0 bridgehead atoms. The average molecular weight is 238 g/mol. The summed E-state index contributed by atoms with van der Waals surface area (Å²) < 4.78 is 1.81. The van der Waals surface area contributed by atoms with Gasteiger partial charge in [-0.25, -0.2) is 4.68 Å². The van der Waals surface area contributed by atoms with E-state index < -0.39 is 0 Å². The summed E-state index contributed by atoms with van der Waals surface area (Å²) in [6.45, 7) is 2.02. The maximum absolute atomic E-state index is 9.60. The van der Waals surface area contributed by atoms with Crippen molar-refractivity contribution in [2.24, 2.45) is 0 Å². The third kappa shape index (κ3) is 1.69. The minimum Gasteiger partial charge on any atom is -0.390 e. The maximum Gasteiger partial charge on any atom is 0.0931 e. The third-order valence-electron chi connectivity index (χ3n) is 3.08. The summed E-state index contributed by atoms with van der Waals surface area (Å²) in [6, 6.07) is 16.0. The zero-order valence-electron chi connectivity index (χ0n) is 10.2. The number of hydrogen-bond donors (Lipinski definition) is 1. The smallest absolute Gasteiger partial charge is 0.0931 e. The molecule has 0 amide bonds. The predicted octanol–water partition coefficient (Wildman–Crippen LogP) is 2.83. The Kier molecular flexibility index (Phi) is 2.61. The largest absolute Gasteiger partial charge is 0.390 e. The van der Waals surface area contributed by atoms with Crippen LogP contribution in [0.25, 0.3) is 16.6 Å². The van der Waals surface area contributed by atoms with Gasteiger partial charge in [0, 0.05) is 5.39 Å². The molecule has 0 saturated carbocycles. The molecule has 0 fully saturated rings. The number of aryl methyl sites for hydroxylation is 1. The van der Waals surface area contributed by atoms with Crippen LogP contribution in [-0.2, 0) is 6.61 Å². The second kappa shape index (κ2) is 4.27. The molecule has 0 aliphatic heterocycles. The first-order valence-corrected chi connectivity index (χ1v) is 5.94. The van der Waals surface area contributed by atoms with Gasteiger partial charge in [-0.3, -0.25) is 0 Å². The van der Waals surface area contributed by atoms with E-state index >= 15 is 0 Å². The highest BCUT2D eigenvalue weighted by Crippen LogP contribution is 2.22. The number of hydrogen-bond acceptors (Lipinski definition) is 2. The van der Waals surface area contributed by atoms with E-state index in [1.54, 1.807) is 0 Å². The van der Waals surface area contributed by atoms with Crippen LogP contribution in [0.3, 0.4) is 0 Å². The van der Waals surface area contributed by atoms with E-state index in [1.165, 1.54) is 5.56 Å². The Morgan fingerprint density at radius 1 is 1.11 bits per heavy atom. The van der Waals surface area contributed by atoms with Gasteiger partial charge in [0.05, 0.1) is 23.5 Å². The van der Waals surface area contributed by atoms with Crippen molar-refractivity contribution in [3.63, 3.8) is 0 Å². The van der Waals surface area contributed by atoms with Gasteiger partial charge in [-0.2, -0.15) is 5.10 Å². The Morgan fingerprint density at radius 2 is 1.89 bits per heavy atom. The Hall–Kier alpha value is -2.13. The average Bonchev–Trinajstić information content (AvgIpc) is 2.77. The molecule has 3 rings (SSSR count). The topological polar surface area (TPSA) is 38.0 Å². The maximum atomic E-state index is 9.60. The van der Waals surface area contributed by atoms with Crippen molar-refractivity contribution in [3.05, 3.63) is 59.8 Å². The van der Waals surface area contributed by atoms with E-state index in [0.717, 1.165) is 22.3 Å². The quantitative estimate of drug-likeness (QED) is 0.745. The molecule has 2 aromatic carbocycles. The summed E-state index contributed by atoms with van der Waals surface area (Å²) >= 11 is 0. The fourth-order valence-corrected chi connectivity index (χ4v) is 2.19. The molecule has 0 atom stereocenters. The molecule has 1 aromatic heterocycles. The fraction of sp³-hybridized carbons (Fsp3) is 0.133. The van der Waals surface area contributed by atoms with E-state index in [9.17, 15) is 5.11 Å². The highest BCUT2D eigenvalue weighted by atomic mass is 16.3. The minimum atomic E-state index is -0.0190. The summed E-state index contributed by atoms with van der Waals surface area (Å²) in [5.41, 5.74) is 3.88. The van der Waals surface area contributed by atoms with Crippen molar-refractivity contribution in [1.29, 1.82) is 0 Å². The SMILES string of the molecule is Cc1ccc2nn(-c3ccccc3)c(CO)c2c1. The predicted molar refractivity (Wildman–Crippen MR) is 71.7 cm³/mol. The van der Waals surface area contributed by atoms with Gasteiger partial charge in [-0.05, 0) is 31.2 Å². The third-order valence-corrected chi connectivity index (χ3v) is 3.08. The summed E-state index contributed by atoms with van der Waals surface area (Å²) in [5.74, 6) is 0. The lowest BCUT2D eigenvalue weighted by atomic mass is 10.1. The van der Waals surface area contributed by atoms with Crippen LogP contribution in [0.1, 0.15) is 11.3 Å². The highest BCUT2D eigenvalue weighted by molar-refractivity contribution is 5.82. The van der Waals surface area contributed by atoms with Crippen LogP contribution in [0.5, 0.6) is 0 Å². The minimum absolute atomic E-state index is 0.0190. The second-order valence-electron chi connectivity index (χ2n) is 4.37. The Labute approximate surface area is 105 Å². The van der Waals surface area contributed by atoms with Gasteiger partial charge in [-0.1, -0.05) is 29.8 Å². The molecule has 90 valence electrons. The van der Waals surface area contributed by atoms with Gasteiger partial charge in [-0.15, -0.1) is 0 Å². The monoisotopic (exact) mass is 238 g/mol. The first-order valence-electron chi connectivity index (χ1n) is 5.94. The lowest BCUT2D eigenvalue weighted by Crippen LogP contribution is -2.01. The lowest BCUT2D eigenvalue weighted by Gasteiger charge is -2.04. The highest BCUT2D eigenvalue weighted by Gasteiger charge is 2.11. The summed E-state index contributed by atoms with van der Waals surface area (Å²) in [6.07, 6.45) is 0. The van der Waals surface area contributed by atoms with Crippen LogP contribution < -0.4 is 0 Å². The Bertz CT molecular complexity index is 686. The summed E-state index contributed by atoms with van der Waals surface area (Å²) in [7, 11) is 0. The molecule has 18 heavy (non-hydrogen) atoms. The van der Waals surface area contributed by atoms with Gasteiger partial charge in [0.15, 0.2) is 0 Å². The molecule has 0 unspecified atom stereocenters. The molecule has 3 aromatic rings. The number of para-hydroxylation sites is 1. The molecule has 3 heteroatoms. The van der Waals surface area contributed by atoms with Crippen molar-refractivity contribution < 1.29 is 5.11 Å². The van der Waals surface area contributed by atoms with Crippen molar-refractivity contribution in [2.75, 3.05) is 0 Å². The van der Waals surface area contributed by atoms with Crippen molar-refractivity contribution in [3.8, 4) is 5.69 Å². The molecular formula is C15H14N2O. The van der Waals surface area contributed by atoms with E-state index in [2.05, 4.69) is 11.2 Å². The van der Waals surface area contributed by atoms with Crippen LogP contribution in [0.15, 0.2) is 48.5 Å². The molecule has 1 N–H and O–H groups in total. The first kappa shape index (κ1) is 11.0. The molecule has 0 saturated heterocycles. The van der Waals surface area contributed by atoms with Crippen molar-refractivity contribution in [1.82, 2.24) is 9.78 Å². The molecule has 0 spiro atoms. The number of rotatable bonds is 2. The summed E-state index contributed by atoms with van der Waals surface area (Å²) in [5, 5.41) is 15.2. The number of aromatic nitrogens is 2. The number of aliphatic hydroxyl groups excluding tert-OH is 1. The molecule has 0 aliphatic rings. The zero-order valence-corrected chi connectivity index (χ0v) is 10.2. The molecule has 0 radical (unpaired) electrons. The van der Waals surface area contributed by atoms with Crippen LogP contribution in [0.2, 0.25) is 0 Å². The molecular weight excluding hydrogens is 224 g/mol. The van der Waals surface area contributed by atoms with Crippen LogP contribution in [0.4, 0.5) is 0 Å².